The molecule has 21 heavy (non-hydrogen) atoms. The zero-order chi connectivity index (χ0) is 14.7. The van der Waals surface area contributed by atoms with Crippen LogP contribution in [0, 0.1) is 13.8 Å². The van der Waals surface area contributed by atoms with E-state index in [0.717, 1.165) is 49.3 Å². The van der Waals surface area contributed by atoms with Crippen LogP contribution in [0.3, 0.4) is 0 Å². The summed E-state index contributed by atoms with van der Waals surface area (Å²) in [5.41, 5.74) is 2.54. The van der Waals surface area contributed by atoms with Crippen molar-refractivity contribution in [2.45, 2.75) is 65.6 Å². The van der Waals surface area contributed by atoms with Gasteiger partial charge in [-0.2, -0.15) is 5.10 Å². The molecule has 2 atom stereocenters. The number of hydrogen-bond donors (Lipinski definition) is 2. The summed E-state index contributed by atoms with van der Waals surface area (Å²) in [6, 6.07) is 0.545. The van der Waals surface area contributed by atoms with Crippen molar-refractivity contribution in [3.63, 3.8) is 0 Å². The molecule has 0 aliphatic carbocycles. The number of aromatic nitrogens is 2. The van der Waals surface area contributed by atoms with Gasteiger partial charge in [-0.25, -0.2) is 0 Å². The normalized spacial score (nSPS) is 21.7. The average Bonchev–Trinajstić information content (AvgIpc) is 2.68. The van der Waals surface area contributed by atoms with E-state index < -0.39 is 0 Å². The van der Waals surface area contributed by atoms with Gasteiger partial charge in [0.15, 0.2) is 0 Å². The van der Waals surface area contributed by atoms with Crippen LogP contribution in [0.1, 0.15) is 54.9 Å². The van der Waals surface area contributed by atoms with E-state index in [1.807, 2.05) is 18.5 Å². The van der Waals surface area contributed by atoms with Gasteiger partial charge in [0.1, 0.15) is 0 Å². The number of rotatable bonds is 4. The third kappa shape index (κ3) is 3.98. The molecule has 1 aromatic heterocycles. The van der Waals surface area contributed by atoms with Gasteiger partial charge in [-0.1, -0.05) is 6.92 Å². The number of nitrogens with zero attached hydrogens (tertiary/aromatic N) is 2. The van der Waals surface area contributed by atoms with E-state index >= 15 is 0 Å². The Balaban J connectivity index is 0.00000220. The third-order valence-corrected chi connectivity index (χ3v) is 4.12. The number of carbonyl (C=O) groups excluding carboxylic acids is 1. The molecular weight excluding hydrogens is 288 g/mol. The molecular formula is C15H27ClN4O. The van der Waals surface area contributed by atoms with Crippen LogP contribution in [0.2, 0.25) is 0 Å². The monoisotopic (exact) mass is 314 g/mol. The minimum absolute atomic E-state index is 0. The van der Waals surface area contributed by atoms with Crippen LogP contribution >= 0.6 is 12.4 Å². The van der Waals surface area contributed by atoms with Crippen LogP contribution in [0.4, 0.5) is 0 Å². The van der Waals surface area contributed by atoms with E-state index in [0.29, 0.717) is 6.04 Å². The molecule has 0 saturated carbocycles. The summed E-state index contributed by atoms with van der Waals surface area (Å²) in [6.45, 7) is 10.0. The van der Waals surface area contributed by atoms with Gasteiger partial charge in [0.25, 0.3) is 5.91 Å². The van der Waals surface area contributed by atoms with E-state index in [1.54, 1.807) is 0 Å². The summed E-state index contributed by atoms with van der Waals surface area (Å²) in [6.07, 6.45) is 3.18. The van der Waals surface area contributed by atoms with Crippen molar-refractivity contribution < 1.29 is 4.79 Å². The summed E-state index contributed by atoms with van der Waals surface area (Å²) in [5, 5.41) is 11.0. The number of nitrogens with one attached hydrogen (secondary N) is 2. The highest BCUT2D eigenvalue weighted by molar-refractivity contribution is 5.96. The number of hydrogen-bond acceptors (Lipinski definition) is 3. The smallest absolute Gasteiger partial charge is 0.255 e. The molecule has 0 aromatic carbocycles. The SMILES string of the molecule is CCCn1nc(C)c(C(=O)NC2CCCNC2C)c1C.Cl. The Morgan fingerprint density at radius 3 is 2.81 bits per heavy atom. The fourth-order valence-corrected chi connectivity index (χ4v) is 2.94. The van der Waals surface area contributed by atoms with Gasteiger partial charge in [-0.05, 0) is 46.6 Å². The Labute approximate surface area is 133 Å². The molecule has 0 spiro atoms. The Morgan fingerprint density at radius 1 is 1.48 bits per heavy atom. The summed E-state index contributed by atoms with van der Waals surface area (Å²) < 4.78 is 1.94. The zero-order valence-electron chi connectivity index (χ0n) is 13.4. The molecule has 1 saturated heterocycles. The standard InChI is InChI=1S/C15H26N4O.ClH/c1-5-9-19-12(4)14(11(3)18-19)15(20)17-13-7-6-8-16-10(13)2;/h10,13,16H,5-9H2,1-4H3,(H,17,20);1H. The molecule has 2 heterocycles. The van der Waals surface area contributed by atoms with E-state index in [2.05, 4.69) is 29.6 Å². The van der Waals surface area contributed by atoms with Gasteiger partial charge in [0, 0.05) is 24.3 Å². The fraction of sp³-hybridized carbons (Fsp3) is 0.733. The average molecular weight is 315 g/mol. The highest BCUT2D eigenvalue weighted by atomic mass is 35.5. The van der Waals surface area contributed by atoms with Crippen molar-refractivity contribution in [3.05, 3.63) is 17.0 Å². The Hall–Kier alpha value is -1.07. The van der Waals surface area contributed by atoms with Crippen LogP contribution in [0.25, 0.3) is 0 Å². The van der Waals surface area contributed by atoms with Gasteiger partial charge in [0.05, 0.1) is 11.3 Å². The van der Waals surface area contributed by atoms with Crippen molar-refractivity contribution in [3.8, 4) is 0 Å². The van der Waals surface area contributed by atoms with Gasteiger partial charge in [0.2, 0.25) is 0 Å². The second-order valence-electron chi connectivity index (χ2n) is 5.73. The lowest BCUT2D eigenvalue weighted by Gasteiger charge is -2.30. The Kier molecular flexibility index (Phi) is 6.68. The van der Waals surface area contributed by atoms with E-state index in [9.17, 15) is 4.79 Å². The van der Waals surface area contributed by atoms with Crippen LogP contribution in [0.15, 0.2) is 0 Å². The Bertz CT molecular complexity index is 486. The summed E-state index contributed by atoms with van der Waals surface area (Å²) in [5.74, 6) is 0.0166. The summed E-state index contributed by atoms with van der Waals surface area (Å²) in [4.78, 5) is 12.5. The van der Waals surface area contributed by atoms with Crippen LogP contribution in [-0.4, -0.2) is 34.3 Å². The Morgan fingerprint density at radius 2 is 2.19 bits per heavy atom. The van der Waals surface area contributed by atoms with Crippen molar-refractivity contribution in [1.29, 1.82) is 0 Å². The maximum atomic E-state index is 12.5. The molecule has 1 aromatic rings. The molecule has 2 rings (SSSR count). The van der Waals surface area contributed by atoms with Gasteiger partial charge in [-0.15, -0.1) is 12.4 Å². The number of amides is 1. The molecule has 6 heteroatoms. The first kappa shape index (κ1) is 18.0. The lowest BCUT2D eigenvalue weighted by Crippen LogP contribution is -2.52. The van der Waals surface area contributed by atoms with Gasteiger partial charge in [-0.3, -0.25) is 9.48 Å². The molecule has 1 fully saturated rings. The number of halogens is 1. The van der Waals surface area contributed by atoms with Crippen LogP contribution in [0.5, 0.6) is 0 Å². The lowest BCUT2D eigenvalue weighted by atomic mass is 9.99. The molecule has 1 aliphatic rings. The second-order valence-corrected chi connectivity index (χ2v) is 5.73. The van der Waals surface area contributed by atoms with Gasteiger partial charge < -0.3 is 10.6 Å². The predicted molar refractivity (Wildman–Crippen MR) is 87.2 cm³/mol. The van der Waals surface area contributed by atoms with Crippen LogP contribution in [-0.2, 0) is 6.54 Å². The number of aryl methyl sites for hydroxylation is 2. The fourth-order valence-electron chi connectivity index (χ4n) is 2.94. The summed E-state index contributed by atoms with van der Waals surface area (Å²) >= 11 is 0. The lowest BCUT2D eigenvalue weighted by molar-refractivity contribution is 0.0918. The van der Waals surface area contributed by atoms with Crippen molar-refractivity contribution in [1.82, 2.24) is 20.4 Å². The van der Waals surface area contributed by atoms with Crippen LogP contribution < -0.4 is 10.6 Å². The molecule has 120 valence electrons. The number of piperidine rings is 1. The van der Waals surface area contributed by atoms with Crippen molar-refractivity contribution in [2.75, 3.05) is 6.54 Å². The van der Waals surface area contributed by atoms with Crippen molar-refractivity contribution >= 4 is 18.3 Å². The first-order valence-electron chi connectivity index (χ1n) is 7.62. The van der Waals surface area contributed by atoms with E-state index in [1.165, 1.54) is 0 Å². The quantitative estimate of drug-likeness (QED) is 0.895. The molecule has 2 N–H and O–H groups in total. The largest absolute Gasteiger partial charge is 0.348 e. The second kappa shape index (κ2) is 7.80. The third-order valence-electron chi connectivity index (χ3n) is 4.12. The highest BCUT2D eigenvalue weighted by Gasteiger charge is 2.25. The highest BCUT2D eigenvalue weighted by Crippen LogP contribution is 2.15. The topological polar surface area (TPSA) is 59.0 Å². The molecule has 0 bridgehead atoms. The van der Waals surface area contributed by atoms with E-state index in [-0.39, 0.29) is 24.4 Å². The number of carbonyl (C=O) groups is 1. The maximum absolute atomic E-state index is 12.5. The minimum Gasteiger partial charge on any atom is -0.348 e. The predicted octanol–water partition coefficient (Wildman–Crippen LogP) is 2.20. The molecule has 1 aliphatic heterocycles. The van der Waals surface area contributed by atoms with E-state index in [4.69, 9.17) is 0 Å². The molecule has 0 radical (unpaired) electrons. The summed E-state index contributed by atoms with van der Waals surface area (Å²) in [7, 11) is 0. The molecule has 1 amide bonds. The molecule has 2 unspecified atom stereocenters. The maximum Gasteiger partial charge on any atom is 0.255 e. The zero-order valence-corrected chi connectivity index (χ0v) is 14.2. The minimum atomic E-state index is 0. The first-order chi connectivity index (χ1) is 9.54. The first-order valence-corrected chi connectivity index (χ1v) is 7.62. The van der Waals surface area contributed by atoms with Crippen molar-refractivity contribution in [2.24, 2.45) is 0 Å². The van der Waals surface area contributed by atoms with Gasteiger partial charge >= 0.3 is 0 Å². The molecule has 5 nitrogen and oxygen atoms in total.